The van der Waals surface area contributed by atoms with Crippen molar-refractivity contribution in [3.63, 3.8) is 0 Å². The van der Waals surface area contributed by atoms with Crippen LogP contribution >= 0.6 is 0 Å². The van der Waals surface area contributed by atoms with Crippen molar-refractivity contribution in [1.29, 1.82) is 0 Å². The van der Waals surface area contributed by atoms with Crippen molar-refractivity contribution in [1.82, 2.24) is 0 Å². The predicted molar refractivity (Wildman–Crippen MR) is 202 cm³/mol. The van der Waals surface area contributed by atoms with E-state index in [2.05, 4.69) is 175 Å². The number of rotatable bonds is 4. The largest absolute Gasteiger partial charge is 0.0616 e. The normalized spacial score (nSPS) is 14.3. The van der Waals surface area contributed by atoms with Gasteiger partial charge in [-0.05, 0) is 87.6 Å². The van der Waals surface area contributed by atoms with Gasteiger partial charge < -0.3 is 0 Å². The van der Waals surface area contributed by atoms with Crippen molar-refractivity contribution in [2.45, 2.75) is 57.8 Å². The van der Waals surface area contributed by atoms with Crippen molar-refractivity contribution in [2.75, 3.05) is 0 Å². The molecular weight excluding hydrogens is 565 g/mol. The second-order valence-electron chi connectivity index (χ2n) is 15.4. The SMILES string of the molecule is CC(C)(c1ccc2c(c1)C(C)(C)c1cc(C(C)(C)c3ccc4ccc5cccc6ccc3c4c56)ccc1-2)c1ccc2ccccc2c1. The molecule has 8 aromatic carbocycles. The second kappa shape index (κ2) is 9.55. The average molecular weight is 605 g/mol. The van der Waals surface area contributed by atoms with Gasteiger partial charge in [-0.2, -0.15) is 0 Å². The van der Waals surface area contributed by atoms with Crippen LogP contribution in [-0.4, -0.2) is 0 Å². The van der Waals surface area contributed by atoms with Crippen LogP contribution in [0.4, 0.5) is 0 Å². The molecule has 1 aliphatic carbocycles. The molecule has 0 saturated carbocycles. The first-order valence-electron chi connectivity index (χ1n) is 17.0. The molecule has 0 N–H and O–H groups in total. The van der Waals surface area contributed by atoms with Crippen LogP contribution in [0.25, 0.3) is 54.2 Å². The maximum atomic E-state index is 2.52. The molecule has 0 heterocycles. The molecule has 8 aromatic rings. The van der Waals surface area contributed by atoms with E-state index in [0.717, 1.165) is 0 Å². The molecule has 0 bridgehead atoms. The molecule has 0 spiro atoms. The molecule has 1 aliphatic rings. The highest BCUT2D eigenvalue weighted by molar-refractivity contribution is 6.23. The summed E-state index contributed by atoms with van der Waals surface area (Å²) >= 11 is 0. The zero-order valence-electron chi connectivity index (χ0n) is 28.2. The standard InChI is InChI=1S/C47H40/c1-45(2,34-19-16-29-10-7-8-11-33(29)26-34)35-20-23-37-38-24-21-36(28-42(38)47(5,6)41(37)27-35)46(3,4)40-25-18-32-15-14-30-12-9-13-31-17-22-39(40)44(32)43(30)31/h7-28H,1-6H3. The molecule has 0 aromatic heterocycles. The van der Waals surface area contributed by atoms with Crippen LogP contribution in [-0.2, 0) is 16.2 Å². The van der Waals surface area contributed by atoms with Crippen LogP contribution < -0.4 is 0 Å². The van der Waals surface area contributed by atoms with Crippen LogP contribution in [0, 0.1) is 0 Å². The molecule has 0 atom stereocenters. The summed E-state index contributed by atoms with van der Waals surface area (Å²) < 4.78 is 0. The Balaban J connectivity index is 1.14. The van der Waals surface area contributed by atoms with Gasteiger partial charge in [0, 0.05) is 16.2 Å². The van der Waals surface area contributed by atoms with E-state index in [1.165, 1.54) is 87.6 Å². The van der Waals surface area contributed by atoms with Crippen molar-refractivity contribution >= 4 is 43.1 Å². The summed E-state index contributed by atoms with van der Waals surface area (Å²) in [4.78, 5) is 0. The number of hydrogen-bond acceptors (Lipinski definition) is 0. The molecule has 0 aliphatic heterocycles. The highest BCUT2D eigenvalue weighted by Crippen LogP contribution is 2.52. The molecule has 0 amide bonds. The van der Waals surface area contributed by atoms with Crippen LogP contribution in [0.1, 0.15) is 74.9 Å². The summed E-state index contributed by atoms with van der Waals surface area (Å²) in [6, 6.07) is 50.7. The molecule has 0 heteroatoms. The minimum atomic E-state index is -0.175. The molecule has 47 heavy (non-hydrogen) atoms. The second-order valence-corrected chi connectivity index (χ2v) is 15.4. The molecule has 0 nitrogen and oxygen atoms in total. The van der Waals surface area contributed by atoms with Crippen LogP contribution in [0.15, 0.2) is 133 Å². The van der Waals surface area contributed by atoms with E-state index in [9.17, 15) is 0 Å². The van der Waals surface area contributed by atoms with E-state index in [1.54, 1.807) is 0 Å². The average Bonchev–Trinajstić information content (AvgIpc) is 3.32. The molecular formula is C47H40. The van der Waals surface area contributed by atoms with Crippen molar-refractivity contribution in [3.05, 3.63) is 167 Å². The minimum absolute atomic E-state index is 0.102. The lowest BCUT2D eigenvalue weighted by Crippen LogP contribution is -2.22. The van der Waals surface area contributed by atoms with Crippen LogP contribution in [0.5, 0.6) is 0 Å². The third kappa shape index (κ3) is 3.94. The van der Waals surface area contributed by atoms with Gasteiger partial charge >= 0.3 is 0 Å². The first-order chi connectivity index (χ1) is 22.5. The third-order valence-electron chi connectivity index (χ3n) is 11.8. The molecule has 0 fully saturated rings. The maximum Gasteiger partial charge on any atom is 0.0159 e. The Hall–Kier alpha value is -4.94. The lowest BCUT2D eigenvalue weighted by atomic mass is 9.72. The maximum absolute atomic E-state index is 2.52. The molecule has 0 saturated heterocycles. The van der Waals surface area contributed by atoms with E-state index in [1.807, 2.05) is 0 Å². The fourth-order valence-electron chi connectivity index (χ4n) is 8.70. The lowest BCUT2D eigenvalue weighted by Gasteiger charge is -2.31. The van der Waals surface area contributed by atoms with Crippen molar-refractivity contribution in [2.24, 2.45) is 0 Å². The van der Waals surface area contributed by atoms with E-state index < -0.39 is 0 Å². The zero-order chi connectivity index (χ0) is 32.3. The Labute approximate surface area is 278 Å². The van der Waals surface area contributed by atoms with E-state index >= 15 is 0 Å². The van der Waals surface area contributed by atoms with E-state index in [4.69, 9.17) is 0 Å². The Kier molecular flexibility index (Phi) is 5.75. The zero-order valence-corrected chi connectivity index (χ0v) is 28.2. The Bertz CT molecular complexity index is 2520. The highest BCUT2D eigenvalue weighted by atomic mass is 14.4. The summed E-state index contributed by atoms with van der Waals surface area (Å²) in [5.41, 5.74) is 10.7. The van der Waals surface area contributed by atoms with Gasteiger partial charge in [0.1, 0.15) is 0 Å². The summed E-state index contributed by atoms with van der Waals surface area (Å²) in [5, 5.41) is 10.7. The summed E-state index contributed by atoms with van der Waals surface area (Å²) in [6.07, 6.45) is 0. The van der Waals surface area contributed by atoms with Crippen LogP contribution in [0.3, 0.4) is 0 Å². The predicted octanol–water partition coefficient (Wildman–Crippen LogP) is 12.7. The van der Waals surface area contributed by atoms with Gasteiger partial charge in [0.15, 0.2) is 0 Å². The van der Waals surface area contributed by atoms with E-state index in [0.29, 0.717) is 0 Å². The third-order valence-corrected chi connectivity index (χ3v) is 11.8. The summed E-state index contributed by atoms with van der Waals surface area (Å²) in [7, 11) is 0. The fraction of sp³-hybridized carbons (Fsp3) is 0.191. The first-order valence-corrected chi connectivity index (χ1v) is 17.0. The Morgan fingerprint density at radius 1 is 0.404 bits per heavy atom. The highest BCUT2D eigenvalue weighted by Gasteiger charge is 2.38. The van der Waals surface area contributed by atoms with E-state index in [-0.39, 0.29) is 16.2 Å². The van der Waals surface area contributed by atoms with Crippen molar-refractivity contribution < 1.29 is 0 Å². The Morgan fingerprint density at radius 3 is 1.57 bits per heavy atom. The quantitative estimate of drug-likeness (QED) is 0.175. The first kappa shape index (κ1) is 28.3. The summed E-state index contributed by atoms with van der Waals surface area (Å²) in [6.45, 7) is 14.4. The molecule has 228 valence electrons. The molecule has 0 unspecified atom stereocenters. The van der Waals surface area contributed by atoms with Gasteiger partial charge in [-0.3, -0.25) is 0 Å². The van der Waals surface area contributed by atoms with Gasteiger partial charge in [0.05, 0.1) is 0 Å². The Morgan fingerprint density at radius 2 is 0.894 bits per heavy atom. The smallest absolute Gasteiger partial charge is 0.0159 e. The number of hydrogen-bond donors (Lipinski definition) is 0. The number of fused-ring (bicyclic) bond motifs is 4. The van der Waals surface area contributed by atoms with Gasteiger partial charge in [0.25, 0.3) is 0 Å². The van der Waals surface area contributed by atoms with Gasteiger partial charge in [-0.25, -0.2) is 0 Å². The van der Waals surface area contributed by atoms with Crippen molar-refractivity contribution in [3.8, 4) is 11.1 Å². The molecule has 9 rings (SSSR count). The monoisotopic (exact) mass is 604 g/mol. The summed E-state index contributed by atoms with van der Waals surface area (Å²) in [5.74, 6) is 0. The van der Waals surface area contributed by atoms with Gasteiger partial charge in [-0.1, -0.05) is 175 Å². The lowest BCUT2D eigenvalue weighted by molar-refractivity contribution is 0.620. The molecule has 0 radical (unpaired) electrons. The fourth-order valence-corrected chi connectivity index (χ4v) is 8.70. The minimum Gasteiger partial charge on any atom is -0.0616 e. The van der Waals surface area contributed by atoms with Gasteiger partial charge in [0.2, 0.25) is 0 Å². The van der Waals surface area contributed by atoms with Gasteiger partial charge in [-0.15, -0.1) is 0 Å². The topological polar surface area (TPSA) is 0 Å². The number of benzene rings is 8. The van der Waals surface area contributed by atoms with Crippen LogP contribution in [0.2, 0.25) is 0 Å².